The number of benzene rings is 2. The number of imide groups is 1. The number of rotatable bonds is 25. The van der Waals surface area contributed by atoms with Crippen molar-refractivity contribution in [3.8, 4) is 5.75 Å². The van der Waals surface area contributed by atoms with Crippen LogP contribution in [0.3, 0.4) is 0 Å². The van der Waals surface area contributed by atoms with Crippen LogP contribution in [0.4, 0.5) is 16.2 Å². The van der Waals surface area contributed by atoms with E-state index >= 15 is 0 Å². The van der Waals surface area contributed by atoms with Crippen LogP contribution < -0.4 is 14.8 Å². The molecule has 2 aromatic carbocycles. The van der Waals surface area contributed by atoms with Crippen LogP contribution in [0, 0.1) is 5.41 Å². The second kappa shape index (κ2) is 22.3. The smallest absolute Gasteiger partial charge is 0.328 e. The fourth-order valence-corrected chi connectivity index (χ4v) is 6.79. The van der Waals surface area contributed by atoms with Gasteiger partial charge in [-0.05, 0) is 30.2 Å². The third-order valence-electron chi connectivity index (χ3n) is 9.13. The lowest BCUT2D eigenvalue weighted by molar-refractivity contribution is -0.143. The Labute approximate surface area is 313 Å². The summed E-state index contributed by atoms with van der Waals surface area (Å²) in [5.74, 6) is -1.85. The predicted molar refractivity (Wildman–Crippen MR) is 207 cm³/mol. The van der Waals surface area contributed by atoms with Gasteiger partial charge in [0.15, 0.2) is 11.8 Å². The Morgan fingerprint density at radius 3 is 1.98 bits per heavy atom. The van der Waals surface area contributed by atoms with Crippen molar-refractivity contribution >= 4 is 46.3 Å². The molecule has 52 heavy (non-hydrogen) atoms. The van der Waals surface area contributed by atoms with Crippen LogP contribution in [0.5, 0.6) is 5.75 Å². The number of Topliss-reactive ketones (excluding diaryl/α,β-unsaturated/α-hetero) is 1. The lowest BCUT2D eigenvalue weighted by Gasteiger charge is -2.29. The Morgan fingerprint density at radius 1 is 0.846 bits per heavy atom. The molecule has 0 aromatic heterocycles. The molecular formula is C40H60N4O7S. The molecule has 1 aliphatic rings. The second-order valence-electron chi connectivity index (χ2n) is 14.6. The molecule has 3 rings (SSSR count). The first-order valence-electron chi connectivity index (χ1n) is 19.0. The van der Waals surface area contributed by atoms with Crippen LogP contribution in [-0.2, 0) is 36.4 Å². The summed E-state index contributed by atoms with van der Waals surface area (Å²) in [5.41, 5.74) is 0.290. The molecule has 12 heteroatoms. The molecule has 1 saturated heterocycles. The van der Waals surface area contributed by atoms with Crippen molar-refractivity contribution in [1.82, 2.24) is 9.80 Å². The van der Waals surface area contributed by atoms with E-state index in [1.54, 1.807) is 32.9 Å². The highest BCUT2D eigenvalue weighted by molar-refractivity contribution is 7.81. The summed E-state index contributed by atoms with van der Waals surface area (Å²) in [7, 11) is 1.42. The topological polar surface area (TPSA) is 134 Å². The Kier molecular flexibility index (Phi) is 18.3. The monoisotopic (exact) mass is 740 g/mol. The molecule has 2 unspecified atom stereocenters. The lowest BCUT2D eigenvalue weighted by atomic mass is 9.85. The Morgan fingerprint density at radius 2 is 1.42 bits per heavy atom. The van der Waals surface area contributed by atoms with Gasteiger partial charge in [-0.25, -0.2) is 13.9 Å². The van der Waals surface area contributed by atoms with Gasteiger partial charge in [-0.1, -0.05) is 141 Å². The van der Waals surface area contributed by atoms with E-state index in [9.17, 15) is 23.4 Å². The molecule has 2 atom stereocenters. The largest absolute Gasteiger partial charge is 0.495 e. The molecule has 0 saturated carbocycles. The van der Waals surface area contributed by atoms with E-state index in [0.29, 0.717) is 12.3 Å². The summed E-state index contributed by atoms with van der Waals surface area (Å²) in [6, 6.07) is 11.4. The number of nitrogens with one attached hydrogen (secondary N) is 2. The van der Waals surface area contributed by atoms with Crippen LogP contribution in [0.1, 0.15) is 123 Å². The van der Waals surface area contributed by atoms with Gasteiger partial charge in [0.2, 0.25) is 0 Å². The third kappa shape index (κ3) is 14.0. The average Bonchev–Trinajstić information content (AvgIpc) is 3.38. The summed E-state index contributed by atoms with van der Waals surface area (Å²) in [5, 5.41) is 2.68. The SMILES string of the molecule is CCCCCCCCCCCCCCCCOS(=O)Nc1ccc(OC)c(NC(=O)C(C(=O)C(C)(C)C)N2C(=O)CN(Cc3ccccc3)C2=O)c1. The van der Waals surface area contributed by atoms with Gasteiger partial charge in [0.05, 0.1) is 25.1 Å². The molecule has 1 heterocycles. The number of ketones is 1. The molecule has 0 spiro atoms. The number of carbonyl (C=O) groups excluding carboxylic acids is 4. The fourth-order valence-electron chi connectivity index (χ4n) is 6.14. The van der Waals surface area contributed by atoms with Gasteiger partial charge in [0, 0.05) is 12.0 Å². The van der Waals surface area contributed by atoms with Gasteiger partial charge in [0.1, 0.15) is 12.3 Å². The number of ether oxygens (including phenoxy) is 1. The first-order valence-corrected chi connectivity index (χ1v) is 20.0. The summed E-state index contributed by atoms with van der Waals surface area (Å²) in [6.07, 6.45) is 17.5. The van der Waals surface area contributed by atoms with Gasteiger partial charge >= 0.3 is 6.03 Å². The molecule has 1 fully saturated rings. The van der Waals surface area contributed by atoms with E-state index in [1.165, 1.54) is 88.7 Å². The quantitative estimate of drug-likeness (QED) is 0.0592. The number of hydrogen-bond acceptors (Lipinski definition) is 7. The number of hydrogen-bond donors (Lipinski definition) is 2. The summed E-state index contributed by atoms with van der Waals surface area (Å²) in [6.45, 7) is 7.36. The molecule has 2 aromatic rings. The van der Waals surface area contributed by atoms with Gasteiger partial charge < -0.3 is 15.0 Å². The molecule has 0 radical (unpaired) electrons. The highest BCUT2D eigenvalue weighted by Gasteiger charge is 2.49. The van der Waals surface area contributed by atoms with Gasteiger partial charge in [-0.15, -0.1) is 0 Å². The second-order valence-corrected chi connectivity index (χ2v) is 15.5. The average molecular weight is 741 g/mol. The molecule has 2 N–H and O–H groups in total. The van der Waals surface area contributed by atoms with E-state index < -0.39 is 46.4 Å². The number of carbonyl (C=O) groups is 4. The standard InChI is InChI=1S/C40H60N4O7S/c1-6-7-8-9-10-11-12-13-14-15-16-17-18-22-27-51-52(49)42-32-25-26-34(50-5)33(28-32)41-38(47)36(37(46)40(2,3)4)44-35(45)30-43(39(44)48)29-31-23-20-19-21-24-31/h19-21,23-26,28,36,42H,6-18,22,27,29-30H2,1-5H3,(H,41,47). The number of methoxy groups -OCH3 is 1. The molecule has 288 valence electrons. The minimum Gasteiger partial charge on any atom is -0.495 e. The van der Waals surface area contributed by atoms with E-state index in [0.717, 1.165) is 29.7 Å². The molecule has 0 bridgehead atoms. The van der Waals surface area contributed by atoms with Crippen LogP contribution in [0.25, 0.3) is 0 Å². The van der Waals surface area contributed by atoms with Crippen molar-refractivity contribution < 1.29 is 32.3 Å². The van der Waals surface area contributed by atoms with Crippen molar-refractivity contribution in [3.05, 3.63) is 54.1 Å². The van der Waals surface area contributed by atoms with Gasteiger partial charge in [0.25, 0.3) is 23.1 Å². The predicted octanol–water partition coefficient (Wildman–Crippen LogP) is 8.57. The number of unbranched alkanes of at least 4 members (excludes halogenated alkanes) is 13. The summed E-state index contributed by atoms with van der Waals surface area (Å²) < 4.78 is 26.4. The van der Waals surface area contributed by atoms with Crippen LogP contribution in [-0.4, -0.2) is 63.9 Å². The first-order chi connectivity index (χ1) is 25.0. The third-order valence-corrected chi connectivity index (χ3v) is 9.91. The zero-order chi connectivity index (χ0) is 37.9. The Balaban J connectivity index is 1.51. The lowest BCUT2D eigenvalue weighted by Crippen LogP contribution is -2.55. The molecule has 1 aliphatic heterocycles. The zero-order valence-corrected chi connectivity index (χ0v) is 32.7. The van der Waals surface area contributed by atoms with E-state index in [4.69, 9.17) is 8.92 Å². The van der Waals surface area contributed by atoms with Crippen molar-refractivity contribution in [2.45, 2.75) is 130 Å². The van der Waals surface area contributed by atoms with Crippen molar-refractivity contribution in [2.24, 2.45) is 5.41 Å². The summed E-state index contributed by atoms with van der Waals surface area (Å²) in [4.78, 5) is 56.3. The number of urea groups is 1. The Bertz CT molecular complexity index is 1460. The maximum Gasteiger partial charge on any atom is 0.328 e. The van der Waals surface area contributed by atoms with Crippen molar-refractivity contribution in [2.75, 3.05) is 30.3 Å². The van der Waals surface area contributed by atoms with Crippen LogP contribution in [0.15, 0.2) is 48.5 Å². The number of amides is 4. The normalized spacial score (nSPS) is 14.4. The highest BCUT2D eigenvalue weighted by atomic mass is 32.2. The molecule has 4 amide bonds. The van der Waals surface area contributed by atoms with E-state index in [2.05, 4.69) is 17.0 Å². The van der Waals surface area contributed by atoms with Gasteiger partial charge in [-0.2, -0.15) is 0 Å². The minimum atomic E-state index is -1.84. The zero-order valence-electron chi connectivity index (χ0n) is 31.9. The van der Waals surface area contributed by atoms with E-state index in [-0.39, 0.29) is 24.5 Å². The molecular weight excluding hydrogens is 681 g/mol. The number of nitrogens with zero attached hydrogens (tertiary/aromatic N) is 2. The molecule has 0 aliphatic carbocycles. The summed E-state index contributed by atoms with van der Waals surface area (Å²) >= 11 is -1.84. The maximum absolute atomic E-state index is 13.9. The maximum atomic E-state index is 13.9. The van der Waals surface area contributed by atoms with Crippen molar-refractivity contribution in [1.29, 1.82) is 0 Å². The fraction of sp³-hybridized carbons (Fsp3) is 0.600. The highest BCUT2D eigenvalue weighted by Crippen LogP contribution is 2.31. The minimum absolute atomic E-state index is 0.153. The van der Waals surface area contributed by atoms with E-state index in [1.807, 2.05) is 30.3 Å². The van der Waals surface area contributed by atoms with Crippen molar-refractivity contribution in [3.63, 3.8) is 0 Å². The van der Waals surface area contributed by atoms with Crippen LogP contribution in [0.2, 0.25) is 0 Å². The Hall–Kier alpha value is -3.77. The first kappa shape index (κ1) is 42.6. The van der Waals surface area contributed by atoms with Crippen LogP contribution >= 0.6 is 0 Å². The number of anilines is 2. The molecule has 11 nitrogen and oxygen atoms in total. The van der Waals surface area contributed by atoms with Gasteiger partial charge in [-0.3, -0.25) is 23.3 Å².